The summed E-state index contributed by atoms with van der Waals surface area (Å²) in [6.45, 7) is 0. The molecule has 0 saturated heterocycles. The van der Waals surface area contributed by atoms with Crippen molar-refractivity contribution in [2.45, 2.75) is 0 Å². The highest BCUT2D eigenvalue weighted by Gasteiger charge is 2.09. The second kappa shape index (κ2) is 1.98. The van der Waals surface area contributed by atoms with Crippen molar-refractivity contribution >= 4 is 16.3 Å². The minimum absolute atomic E-state index is 0.146. The first-order valence-corrected chi connectivity index (χ1v) is 2.81. The molecule has 0 fully saturated rings. The topological polar surface area (TPSA) is 76.3 Å². The summed E-state index contributed by atoms with van der Waals surface area (Å²) in [5.41, 5.74) is 0. The Kier molecular flexibility index (Phi) is 1.31. The average molecular weight is 146 g/mol. The summed E-state index contributed by atoms with van der Waals surface area (Å²) >= 11 is 0.641. The number of thiazole rings is 1. The molecule has 6 heteroatoms. The maximum absolute atomic E-state index is 9.88. The Hall–Kier alpha value is -1.17. The van der Waals surface area contributed by atoms with E-state index < -0.39 is 4.92 Å². The highest BCUT2D eigenvalue weighted by molar-refractivity contribution is 7.16. The van der Waals surface area contributed by atoms with Gasteiger partial charge in [0, 0.05) is 0 Å². The lowest BCUT2D eigenvalue weighted by Gasteiger charge is -1.76. The standard InChI is InChI=1S/C3H2N2O3S/c6-3-4-1-2(9-3)5(7)8/h1H,(H,4,6). The van der Waals surface area contributed by atoms with E-state index >= 15 is 0 Å². The number of aromatic nitrogens is 1. The van der Waals surface area contributed by atoms with Crippen LogP contribution in [-0.4, -0.2) is 15.0 Å². The second-order valence-corrected chi connectivity index (χ2v) is 2.23. The van der Waals surface area contributed by atoms with Gasteiger partial charge in [0.1, 0.15) is 6.20 Å². The van der Waals surface area contributed by atoms with Gasteiger partial charge in [0.25, 0.3) is 5.19 Å². The summed E-state index contributed by atoms with van der Waals surface area (Å²) < 4.78 is 0. The highest BCUT2D eigenvalue weighted by atomic mass is 32.1. The van der Waals surface area contributed by atoms with Gasteiger partial charge in [-0.05, 0) is 11.3 Å². The van der Waals surface area contributed by atoms with E-state index in [1.807, 2.05) is 0 Å². The fraction of sp³-hybridized carbons (Fsp3) is 0. The number of nitrogens with zero attached hydrogens (tertiary/aromatic N) is 2. The molecule has 0 atom stereocenters. The van der Waals surface area contributed by atoms with E-state index in [4.69, 9.17) is 5.11 Å². The predicted octanol–water partition coefficient (Wildman–Crippen LogP) is 0.757. The zero-order valence-corrected chi connectivity index (χ0v) is 4.96. The molecule has 0 saturated carbocycles. The van der Waals surface area contributed by atoms with Crippen molar-refractivity contribution in [3.63, 3.8) is 0 Å². The summed E-state index contributed by atoms with van der Waals surface area (Å²) in [6, 6.07) is 0. The molecule has 0 bridgehead atoms. The molecule has 0 aliphatic carbocycles. The van der Waals surface area contributed by atoms with Gasteiger partial charge in [0.15, 0.2) is 0 Å². The molecule has 9 heavy (non-hydrogen) atoms. The van der Waals surface area contributed by atoms with Crippen molar-refractivity contribution < 1.29 is 10.0 Å². The third-order valence-corrected chi connectivity index (χ3v) is 1.41. The van der Waals surface area contributed by atoms with Crippen LogP contribution in [0.3, 0.4) is 0 Å². The maximum Gasteiger partial charge on any atom is 0.347 e. The van der Waals surface area contributed by atoms with E-state index in [9.17, 15) is 10.1 Å². The van der Waals surface area contributed by atoms with Gasteiger partial charge in [-0.3, -0.25) is 10.1 Å². The van der Waals surface area contributed by atoms with Crippen molar-refractivity contribution in [1.29, 1.82) is 0 Å². The number of nitro groups is 1. The van der Waals surface area contributed by atoms with Gasteiger partial charge >= 0.3 is 5.00 Å². The van der Waals surface area contributed by atoms with E-state index in [0.717, 1.165) is 6.20 Å². The third-order valence-electron chi connectivity index (χ3n) is 0.661. The van der Waals surface area contributed by atoms with Crippen LogP contribution < -0.4 is 0 Å². The van der Waals surface area contributed by atoms with Gasteiger partial charge in [-0.1, -0.05) is 0 Å². The minimum Gasteiger partial charge on any atom is -0.485 e. The molecule has 0 aromatic carbocycles. The third kappa shape index (κ3) is 1.14. The molecular formula is C3H2N2O3S. The molecule has 5 nitrogen and oxygen atoms in total. The van der Waals surface area contributed by atoms with Gasteiger partial charge in [0.05, 0.1) is 4.92 Å². The van der Waals surface area contributed by atoms with Gasteiger partial charge in [-0.2, -0.15) is 0 Å². The quantitative estimate of drug-likeness (QED) is 0.468. The first kappa shape index (κ1) is 5.96. The van der Waals surface area contributed by atoms with Crippen molar-refractivity contribution in [3.8, 4) is 5.19 Å². The Morgan fingerprint density at radius 3 is 2.78 bits per heavy atom. The Morgan fingerprint density at radius 1 is 1.89 bits per heavy atom. The summed E-state index contributed by atoms with van der Waals surface area (Å²) in [7, 11) is 0. The number of rotatable bonds is 1. The summed E-state index contributed by atoms with van der Waals surface area (Å²) in [6.07, 6.45) is 1.01. The largest absolute Gasteiger partial charge is 0.485 e. The first-order valence-electron chi connectivity index (χ1n) is 1.99. The SMILES string of the molecule is O=[N+]([O-])c1cnc(O)s1. The van der Waals surface area contributed by atoms with Crippen molar-refractivity contribution in [3.05, 3.63) is 16.3 Å². The van der Waals surface area contributed by atoms with Crippen LogP contribution in [0, 0.1) is 10.1 Å². The first-order chi connectivity index (χ1) is 4.20. The molecule has 0 aliphatic heterocycles. The van der Waals surface area contributed by atoms with Crippen LogP contribution in [0.5, 0.6) is 5.19 Å². The predicted molar refractivity (Wildman–Crippen MR) is 30.4 cm³/mol. The van der Waals surface area contributed by atoms with E-state index in [1.165, 1.54) is 0 Å². The highest BCUT2D eigenvalue weighted by Crippen LogP contribution is 2.24. The van der Waals surface area contributed by atoms with Crippen molar-refractivity contribution in [2.75, 3.05) is 0 Å². The lowest BCUT2D eigenvalue weighted by molar-refractivity contribution is -0.380. The van der Waals surface area contributed by atoms with Crippen LogP contribution in [-0.2, 0) is 0 Å². The molecule has 1 N–H and O–H groups in total. The summed E-state index contributed by atoms with van der Waals surface area (Å²) in [5.74, 6) is 0. The fourth-order valence-electron chi connectivity index (χ4n) is 0.341. The molecular weight excluding hydrogens is 144 g/mol. The number of aromatic hydroxyl groups is 1. The van der Waals surface area contributed by atoms with Gasteiger partial charge < -0.3 is 5.11 Å². The Bertz CT molecular complexity index is 233. The molecule has 1 heterocycles. The van der Waals surface area contributed by atoms with Crippen LogP contribution in [0.1, 0.15) is 0 Å². The molecule has 0 radical (unpaired) electrons. The molecule has 48 valence electrons. The average Bonchev–Trinajstić information content (AvgIpc) is 2.14. The van der Waals surface area contributed by atoms with E-state index in [0.29, 0.717) is 11.3 Å². The van der Waals surface area contributed by atoms with Gasteiger partial charge in [-0.15, -0.1) is 0 Å². The molecule has 1 aromatic heterocycles. The minimum atomic E-state index is -0.600. The molecule has 0 spiro atoms. The van der Waals surface area contributed by atoms with Gasteiger partial charge in [0.2, 0.25) is 0 Å². The summed E-state index contributed by atoms with van der Waals surface area (Å²) in [5, 5.41) is 18.0. The van der Waals surface area contributed by atoms with Crippen molar-refractivity contribution in [1.82, 2.24) is 4.98 Å². The zero-order chi connectivity index (χ0) is 6.85. The molecule has 1 rings (SSSR count). The van der Waals surface area contributed by atoms with Crippen LogP contribution in [0.2, 0.25) is 0 Å². The Morgan fingerprint density at radius 2 is 2.56 bits per heavy atom. The van der Waals surface area contributed by atoms with Crippen LogP contribution in [0.15, 0.2) is 6.20 Å². The fourth-order valence-corrected chi connectivity index (χ4v) is 0.813. The van der Waals surface area contributed by atoms with E-state index in [2.05, 4.69) is 4.98 Å². The number of hydrogen-bond donors (Lipinski definition) is 1. The van der Waals surface area contributed by atoms with Crippen molar-refractivity contribution in [2.24, 2.45) is 0 Å². The van der Waals surface area contributed by atoms with E-state index in [-0.39, 0.29) is 10.2 Å². The lowest BCUT2D eigenvalue weighted by atomic mass is 10.9. The number of hydrogen-bond acceptors (Lipinski definition) is 5. The zero-order valence-electron chi connectivity index (χ0n) is 4.14. The Labute approximate surface area is 53.7 Å². The Balaban J connectivity index is 2.98. The monoisotopic (exact) mass is 146 g/mol. The van der Waals surface area contributed by atoms with Gasteiger partial charge in [-0.25, -0.2) is 4.98 Å². The molecule has 0 amide bonds. The maximum atomic E-state index is 9.88. The van der Waals surface area contributed by atoms with Crippen LogP contribution in [0.4, 0.5) is 5.00 Å². The lowest BCUT2D eigenvalue weighted by Crippen LogP contribution is -1.80. The molecule has 0 aliphatic rings. The van der Waals surface area contributed by atoms with Crippen LogP contribution in [0.25, 0.3) is 0 Å². The smallest absolute Gasteiger partial charge is 0.347 e. The van der Waals surface area contributed by atoms with E-state index in [1.54, 1.807) is 0 Å². The molecule has 0 unspecified atom stereocenters. The molecule has 1 aromatic rings. The normalized spacial score (nSPS) is 9.33. The summed E-state index contributed by atoms with van der Waals surface area (Å²) in [4.78, 5) is 12.5. The van der Waals surface area contributed by atoms with Crippen LogP contribution >= 0.6 is 11.3 Å². The second-order valence-electron chi connectivity index (χ2n) is 1.24.